The summed E-state index contributed by atoms with van der Waals surface area (Å²) in [6.45, 7) is 3.78. The van der Waals surface area contributed by atoms with Crippen LogP contribution < -0.4 is 9.47 Å². The van der Waals surface area contributed by atoms with E-state index in [-0.39, 0.29) is 10.6 Å². The van der Waals surface area contributed by atoms with Crippen LogP contribution in [0.4, 0.5) is 4.39 Å². The Morgan fingerprint density at radius 3 is 2.14 bits per heavy atom. The highest BCUT2D eigenvalue weighted by Gasteiger charge is 2.17. The fourth-order valence-corrected chi connectivity index (χ4v) is 3.05. The minimum atomic E-state index is -0.192. The second kappa shape index (κ2) is 6.48. The highest BCUT2D eigenvalue weighted by Crippen LogP contribution is 2.39. The van der Waals surface area contributed by atoms with Crippen LogP contribution in [0.3, 0.4) is 0 Å². The highest BCUT2D eigenvalue weighted by molar-refractivity contribution is 9.09. The first-order chi connectivity index (χ1) is 9.97. The van der Waals surface area contributed by atoms with E-state index in [9.17, 15) is 4.39 Å². The molecule has 0 aliphatic heterocycles. The zero-order valence-electron chi connectivity index (χ0n) is 12.5. The van der Waals surface area contributed by atoms with Crippen molar-refractivity contribution in [1.82, 2.24) is 0 Å². The molecule has 2 aromatic carbocycles. The van der Waals surface area contributed by atoms with Crippen LogP contribution in [0.1, 0.15) is 27.1 Å². The zero-order chi connectivity index (χ0) is 15.6. The van der Waals surface area contributed by atoms with E-state index >= 15 is 0 Å². The van der Waals surface area contributed by atoms with Crippen molar-refractivity contribution in [3.63, 3.8) is 0 Å². The van der Waals surface area contributed by atoms with E-state index in [1.165, 1.54) is 6.07 Å². The normalized spacial score (nSPS) is 12.1. The monoisotopic (exact) mass is 352 g/mol. The Bertz CT molecular complexity index is 655. The highest BCUT2D eigenvalue weighted by atomic mass is 79.9. The SMILES string of the molecule is COc1cc(C)c(C(Br)c2ccc(F)c(C)c2)cc1OC. The average Bonchev–Trinajstić information content (AvgIpc) is 2.49. The minimum Gasteiger partial charge on any atom is -0.493 e. The molecule has 112 valence electrons. The Kier molecular flexibility index (Phi) is 4.88. The Balaban J connectivity index is 2.47. The van der Waals surface area contributed by atoms with Gasteiger partial charge in [0.2, 0.25) is 0 Å². The summed E-state index contributed by atoms with van der Waals surface area (Å²) in [7, 11) is 3.23. The van der Waals surface area contributed by atoms with Gasteiger partial charge in [-0.25, -0.2) is 4.39 Å². The Morgan fingerprint density at radius 1 is 0.952 bits per heavy atom. The zero-order valence-corrected chi connectivity index (χ0v) is 14.1. The van der Waals surface area contributed by atoms with Crippen LogP contribution in [0.5, 0.6) is 11.5 Å². The third-order valence-corrected chi connectivity index (χ3v) is 4.54. The van der Waals surface area contributed by atoms with E-state index in [0.29, 0.717) is 17.1 Å². The molecule has 0 spiro atoms. The first-order valence-electron chi connectivity index (χ1n) is 6.60. The van der Waals surface area contributed by atoms with Crippen LogP contribution in [0.2, 0.25) is 0 Å². The van der Waals surface area contributed by atoms with Crippen LogP contribution in [0.25, 0.3) is 0 Å². The minimum absolute atomic E-state index is 0.0309. The second-order valence-corrected chi connectivity index (χ2v) is 5.85. The van der Waals surface area contributed by atoms with Gasteiger partial charge in [0, 0.05) is 0 Å². The number of methoxy groups -OCH3 is 2. The summed E-state index contributed by atoms with van der Waals surface area (Å²) in [6, 6.07) is 9.03. The number of rotatable bonds is 4. The van der Waals surface area contributed by atoms with Crippen molar-refractivity contribution >= 4 is 15.9 Å². The van der Waals surface area contributed by atoms with Crippen molar-refractivity contribution in [3.8, 4) is 11.5 Å². The number of aryl methyl sites for hydroxylation is 2. The molecule has 0 radical (unpaired) electrons. The molecule has 21 heavy (non-hydrogen) atoms. The Labute approximate surface area is 133 Å². The van der Waals surface area contributed by atoms with Crippen molar-refractivity contribution in [3.05, 3.63) is 58.4 Å². The van der Waals surface area contributed by atoms with Crippen molar-refractivity contribution in [2.75, 3.05) is 14.2 Å². The van der Waals surface area contributed by atoms with Gasteiger partial charge in [-0.2, -0.15) is 0 Å². The summed E-state index contributed by atoms with van der Waals surface area (Å²) in [5.74, 6) is 1.19. The maximum absolute atomic E-state index is 13.4. The van der Waals surface area contributed by atoms with Gasteiger partial charge >= 0.3 is 0 Å². The van der Waals surface area contributed by atoms with Crippen molar-refractivity contribution in [2.24, 2.45) is 0 Å². The van der Waals surface area contributed by atoms with Crippen LogP contribution in [0.15, 0.2) is 30.3 Å². The number of benzene rings is 2. The lowest BCUT2D eigenvalue weighted by atomic mass is 9.98. The molecule has 0 fully saturated rings. The fourth-order valence-electron chi connectivity index (χ4n) is 2.27. The standard InChI is InChI=1S/C17H18BrFO2/c1-10-8-15(20-3)16(21-4)9-13(10)17(18)12-5-6-14(19)11(2)7-12/h5-9,17H,1-4H3. The first-order valence-corrected chi connectivity index (χ1v) is 7.52. The largest absolute Gasteiger partial charge is 0.493 e. The number of alkyl halides is 1. The predicted molar refractivity (Wildman–Crippen MR) is 86.2 cm³/mol. The third kappa shape index (κ3) is 3.21. The number of hydrogen-bond donors (Lipinski definition) is 0. The van der Waals surface area contributed by atoms with Crippen LogP contribution in [-0.2, 0) is 0 Å². The first kappa shape index (κ1) is 15.8. The molecule has 0 heterocycles. The summed E-state index contributed by atoms with van der Waals surface area (Å²) in [5, 5.41) is 0. The molecule has 0 saturated heterocycles. The van der Waals surface area contributed by atoms with E-state index < -0.39 is 0 Å². The van der Waals surface area contributed by atoms with Gasteiger partial charge in [0.05, 0.1) is 19.0 Å². The molecule has 0 aliphatic carbocycles. The predicted octanol–water partition coefficient (Wildman–Crippen LogP) is 4.94. The molecule has 0 amide bonds. The molecule has 2 rings (SSSR count). The maximum atomic E-state index is 13.4. The quantitative estimate of drug-likeness (QED) is 0.725. The molecular formula is C17H18BrFO2. The van der Waals surface area contributed by atoms with Gasteiger partial charge < -0.3 is 9.47 Å². The molecule has 0 N–H and O–H groups in total. The molecular weight excluding hydrogens is 335 g/mol. The summed E-state index contributed by atoms with van der Waals surface area (Å²) in [6.07, 6.45) is 0. The molecule has 0 bridgehead atoms. The van der Waals surface area contributed by atoms with Gasteiger partial charge in [-0.1, -0.05) is 28.1 Å². The maximum Gasteiger partial charge on any atom is 0.161 e. The lowest BCUT2D eigenvalue weighted by molar-refractivity contribution is 0.354. The van der Waals surface area contributed by atoms with Gasteiger partial charge in [-0.15, -0.1) is 0 Å². The van der Waals surface area contributed by atoms with E-state index in [4.69, 9.17) is 9.47 Å². The van der Waals surface area contributed by atoms with Gasteiger partial charge in [0.25, 0.3) is 0 Å². The third-order valence-electron chi connectivity index (χ3n) is 3.52. The summed E-state index contributed by atoms with van der Waals surface area (Å²) in [5.41, 5.74) is 3.79. The molecule has 0 aliphatic rings. The van der Waals surface area contributed by atoms with E-state index in [0.717, 1.165) is 16.7 Å². The van der Waals surface area contributed by atoms with Crippen LogP contribution in [0, 0.1) is 19.7 Å². The van der Waals surface area contributed by atoms with Gasteiger partial charge in [0.15, 0.2) is 11.5 Å². The average molecular weight is 353 g/mol. The van der Waals surface area contributed by atoms with Crippen LogP contribution >= 0.6 is 15.9 Å². The van der Waals surface area contributed by atoms with E-state index in [1.54, 1.807) is 27.2 Å². The molecule has 2 aromatic rings. The Hall–Kier alpha value is -1.55. The second-order valence-electron chi connectivity index (χ2n) is 4.93. The van der Waals surface area contributed by atoms with Gasteiger partial charge in [-0.05, 0) is 54.3 Å². The molecule has 4 heteroatoms. The molecule has 2 nitrogen and oxygen atoms in total. The van der Waals surface area contributed by atoms with Gasteiger partial charge in [-0.3, -0.25) is 0 Å². The molecule has 0 aromatic heterocycles. The molecule has 1 unspecified atom stereocenters. The lowest BCUT2D eigenvalue weighted by Crippen LogP contribution is -2.00. The van der Waals surface area contributed by atoms with E-state index in [2.05, 4.69) is 15.9 Å². The van der Waals surface area contributed by atoms with Crippen molar-refractivity contribution in [1.29, 1.82) is 0 Å². The number of ether oxygens (including phenoxy) is 2. The van der Waals surface area contributed by atoms with Crippen LogP contribution in [-0.4, -0.2) is 14.2 Å². The lowest BCUT2D eigenvalue weighted by Gasteiger charge is -2.17. The fraction of sp³-hybridized carbons (Fsp3) is 0.294. The Morgan fingerprint density at radius 2 is 1.57 bits per heavy atom. The smallest absolute Gasteiger partial charge is 0.161 e. The summed E-state index contributed by atoms with van der Waals surface area (Å²) < 4.78 is 24.1. The van der Waals surface area contributed by atoms with Crippen molar-refractivity contribution < 1.29 is 13.9 Å². The summed E-state index contributed by atoms with van der Waals surface area (Å²) in [4.78, 5) is -0.0309. The topological polar surface area (TPSA) is 18.5 Å². The van der Waals surface area contributed by atoms with Crippen molar-refractivity contribution in [2.45, 2.75) is 18.7 Å². The van der Waals surface area contributed by atoms with Gasteiger partial charge in [0.1, 0.15) is 5.82 Å². The summed E-state index contributed by atoms with van der Waals surface area (Å²) >= 11 is 3.69. The molecule has 0 saturated carbocycles. The molecule has 1 atom stereocenters. The number of hydrogen-bond acceptors (Lipinski definition) is 2. The van der Waals surface area contributed by atoms with E-state index in [1.807, 2.05) is 25.1 Å². The number of halogens is 2.